The van der Waals surface area contributed by atoms with Crippen LogP contribution in [0.25, 0.3) is 0 Å². The average Bonchev–Trinajstić information content (AvgIpc) is 2.86. The number of carbonyl (C=O) groups is 1. The van der Waals surface area contributed by atoms with E-state index in [0.29, 0.717) is 6.42 Å². The van der Waals surface area contributed by atoms with Crippen LogP contribution in [0.5, 0.6) is 0 Å². The highest BCUT2D eigenvalue weighted by molar-refractivity contribution is 5.77. The van der Waals surface area contributed by atoms with Crippen molar-refractivity contribution in [2.24, 2.45) is 5.84 Å². The van der Waals surface area contributed by atoms with Gasteiger partial charge in [-0.1, -0.05) is 24.3 Å². The molecule has 3 N–H and O–H groups in total. The normalized spacial score (nSPS) is 10.9. The van der Waals surface area contributed by atoms with Crippen molar-refractivity contribution >= 4 is 5.91 Å². The van der Waals surface area contributed by atoms with Crippen LogP contribution in [0.3, 0.4) is 0 Å². The van der Waals surface area contributed by atoms with Gasteiger partial charge in [-0.25, -0.2) is 5.84 Å². The summed E-state index contributed by atoms with van der Waals surface area (Å²) in [5, 5.41) is 0. The fraction of sp³-hybridized carbons (Fsp3) is 0.312. The van der Waals surface area contributed by atoms with Crippen molar-refractivity contribution in [3.63, 3.8) is 0 Å². The smallest absolute Gasteiger partial charge is 0.238 e. The number of carbonyl (C=O) groups excluding carboxylic acids is 1. The summed E-state index contributed by atoms with van der Waals surface area (Å²) in [5.74, 6) is 6.78. The largest absolute Gasteiger partial charge is 0.465 e. The monoisotopic (exact) mass is 287 g/mol. The molecule has 0 radical (unpaired) electrons. The van der Waals surface area contributed by atoms with Gasteiger partial charge in [-0.15, -0.1) is 0 Å². The third-order valence-electron chi connectivity index (χ3n) is 3.22. The second-order valence-electron chi connectivity index (χ2n) is 5.25. The lowest BCUT2D eigenvalue weighted by molar-refractivity contribution is -0.120. The first-order chi connectivity index (χ1) is 10.1. The Morgan fingerprint density at radius 2 is 1.81 bits per heavy atom. The predicted octanol–water partition coefficient (Wildman–Crippen LogP) is 1.75. The molecule has 2 aromatic rings. The Kier molecular flexibility index (Phi) is 5.14. The van der Waals surface area contributed by atoms with E-state index < -0.39 is 0 Å². The number of nitrogens with one attached hydrogen (secondary N) is 1. The maximum Gasteiger partial charge on any atom is 0.238 e. The van der Waals surface area contributed by atoms with Gasteiger partial charge in [-0.2, -0.15) is 0 Å². The first-order valence-corrected chi connectivity index (χ1v) is 6.88. The Balaban J connectivity index is 1.89. The van der Waals surface area contributed by atoms with Gasteiger partial charge in [0.25, 0.3) is 0 Å². The molecule has 5 heteroatoms. The lowest BCUT2D eigenvalue weighted by atomic mass is 10.1. The van der Waals surface area contributed by atoms with Gasteiger partial charge >= 0.3 is 0 Å². The molecule has 0 unspecified atom stereocenters. The summed E-state index contributed by atoms with van der Waals surface area (Å²) >= 11 is 0. The van der Waals surface area contributed by atoms with Gasteiger partial charge in [0.1, 0.15) is 11.5 Å². The molecule has 0 aliphatic heterocycles. The van der Waals surface area contributed by atoms with Gasteiger partial charge in [-0.05, 0) is 37.2 Å². The standard InChI is InChI=1S/C16H21N3O2/c1-12-3-8-15(21-12)11-19(2)10-14-6-4-13(5-7-14)9-16(20)18-17/h3-8H,9-11,17H2,1-2H3,(H,18,20). The summed E-state index contributed by atoms with van der Waals surface area (Å²) in [6.45, 7) is 3.54. The highest BCUT2D eigenvalue weighted by Gasteiger charge is 2.06. The number of amides is 1. The minimum atomic E-state index is -0.187. The number of furan rings is 1. The van der Waals surface area contributed by atoms with E-state index in [1.54, 1.807) is 0 Å². The van der Waals surface area contributed by atoms with E-state index in [0.717, 1.165) is 30.2 Å². The summed E-state index contributed by atoms with van der Waals surface area (Å²) in [5.41, 5.74) is 4.27. The number of nitrogens with two attached hydrogens (primary N) is 1. The van der Waals surface area contributed by atoms with Crippen LogP contribution in [-0.4, -0.2) is 17.9 Å². The lowest BCUT2D eigenvalue weighted by Gasteiger charge is -2.15. The Bertz CT molecular complexity index is 590. The molecule has 0 atom stereocenters. The molecule has 0 aliphatic rings. The second-order valence-corrected chi connectivity index (χ2v) is 5.25. The van der Waals surface area contributed by atoms with Crippen molar-refractivity contribution in [2.75, 3.05) is 7.05 Å². The summed E-state index contributed by atoms with van der Waals surface area (Å²) in [7, 11) is 2.05. The number of hydrogen-bond donors (Lipinski definition) is 2. The SMILES string of the molecule is Cc1ccc(CN(C)Cc2ccc(CC(=O)NN)cc2)o1. The van der Waals surface area contributed by atoms with Gasteiger partial charge < -0.3 is 4.42 Å². The van der Waals surface area contributed by atoms with Crippen LogP contribution in [0.2, 0.25) is 0 Å². The first kappa shape index (κ1) is 15.3. The van der Waals surface area contributed by atoms with Crippen LogP contribution in [0.4, 0.5) is 0 Å². The molecule has 0 saturated carbocycles. The van der Waals surface area contributed by atoms with E-state index in [-0.39, 0.29) is 5.91 Å². The van der Waals surface area contributed by atoms with Crippen molar-refractivity contribution in [3.8, 4) is 0 Å². The van der Waals surface area contributed by atoms with E-state index in [4.69, 9.17) is 10.3 Å². The van der Waals surface area contributed by atoms with Gasteiger partial charge in [0.15, 0.2) is 0 Å². The van der Waals surface area contributed by atoms with Crippen molar-refractivity contribution in [1.82, 2.24) is 10.3 Å². The molecule has 0 saturated heterocycles. The van der Waals surface area contributed by atoms with Crippen molar-refractivity contribution in [3.05, 3.63) is 59.0 Å². The number of hydrogen-bond acceptors (Lipinski definition) is 4. The van der Waals surface area contributed by atoms with Crippen LogP contribution >= 0.6 is 0 Å². The summed E-state index contributed by atoms with van der Waals surface area (Å²) in [6.07, 6.45) is 0.304. The average molecular weight is 287 g/mol. The van der Waals surface area contributed by atoms with Crippen LogP contribution in [0.15, 0.2) is 40.8 Å². The number of hydrazine groups is 1. The molecule has 0 bridgehead atoms. The highest BCUT2D eigenvalue weighted by atomic mass is 16.3. The summed E-state index contributed by atoms with van der Waals surface area (Å²) in [4.78, 5) is 13.4. The van der Waals surface area contributed by atoms with Gasteiger partial charge in [0, 0.05) is 6.54 Å². The topological polar surface area (TPSA) is 71.5 Å². The van der Waals surface area contributed by atoms with Crippen molar-refractivity contribution < 1.29 is 9.21 Å². The van der Waals surface area contributed by atoms with Crippen LogP contribution in [-0.2, 0) is 24.3 Å². The molecule has 1 heterocycles. The number of rotatable bonds is 6. The number of nitrogens with zero attached hydrogens (tertiary/aromatic N) is 1. The van der Waals surface area contributed by atoms with Gasteiger partial charge in [0.05, 0.1) is 13.0 Å². The van der Waals surface area contributed by atoms with Crippen LogP contribution in [0, 0.1) is 6.92 Å². The van der Waals surface area contributed by atoms with Crippen molar-refractivity contribution in [2.45, 2.75) is 26.4 Å². The van der Waals surface area contributed by atoms with Crippen molar-refractivity contribution in [1.29, 1.82) is 0 Å². The fourth-order valence-corrected chi connectivity index (χ4v) is 2.20. The zero-order valence-corrected chi connectivity index (χ0v) is 12.4. The maximum atomic E-state index is 11.2. The Hall–Kier alpha value is -2.11. The van der Waals surface area contributed by atoms with E-state index in [1.807, 2.05) is 50.4 Å². The zero-order valence-electron chi connectivity index (χ0n) is 12.4. The van der Waals surface area contributed by atoms with E-state index in [2.05, 4.69) is 10.3 Å². The van der Waals surface area contributed by atoms with Gasteiger partial charge in [0.2, 0.25) is 5.91 Å². The molecular formula is C16H21N3O2. The summed E-state index contributed by atoms with van der Waals surface area (Å²) in [6, 6.07) is 11.9. The molecule has 0 aliphatic carbocycles. The quantitative estimate of drug-likeness (QED) is 0.482. The maximum absolute atomic E-state index is 11.2. The molecule has 2 rings (SSSR count). The third kappa shape index (κ3) is 4.73. The lowest BCUT2D eigenvalue weighted by Crippen LogP contribution is -2.31. The number of benzene rings is 1. The predicted molar refractivity (Wildman–Crippen MR) is 81.1 cm³/mol. The number of aryl methyl sites for hydroxylation is 1. The molecule has 1 aromatic carbocycles. The van der Waals surface area contributed by atoms with Crippen LogP contribution < -0.4 is 11.3 Å². The van der Waals surface area contributed by atoms with E-state index in [9.17, 15) is 4.79 Å². The van der Waals surface area contributed by atoms with Crippen LogP contribution in [0.1, 0.15) is 22.6 Å². The summed E-state index contributed by atoms with van der Waals surface area (Å²) < 4.78 is 5.57. The minimum Gasteiger partial charge on any atom is -0.465 e. The van der Waals surface area contributed by atoms with E-state index in [1.165, 1.54) is 5.56 Å². The molecule has 1 aromatic heterocycles. The Labute approximate surface area is 124 Å². The first-order valence-electron chi connectivity index (χ1n) is 6.88. The Morgan fingerprint density at radius 1 is 1.14 bits per heavy atom. The highest BCUT2D eigenvalue weighted by Crippen LogP contribution is 2.12. The molecule has 5 nitrogen and oxygen atoms in total. The molecule has 21 heavy (non-hydrogen) atoms. The fourth-order valence-electron chi connectivity index (χ4n) is 2.20. The Morgan fingerprint density at radius 3 is 2.38 bits per heavy atom. The minimum absolute atomic E-state index is 0.187. The van der Waals surface area contributed by atoms with E-state index >= 15 is 0 Å². The van der Waals surface area contributed by atoms with Gasteiger partial charge in [-0.3, -0.25) is 15.1 Å². The molecule has 112 valence electrons. The zero-order chi connectivity index (χ0) is 15.2. The molecule has 0 spiro atoms. The molecule has 0 fully saturated rings. The third-order valence-corrected chi connectivity index (χ3v) is 3.22. The molecular weight excluding hydrogens is 266 g/mol. The second kappa shape index (κ2) is 7.06. The molecule has 1 amide bonds.